The first kappa shape index (κ1) is 22.8. The molecule has 2 aromatic carbocycles. The van der Waals surface area contributed by atoms with E-state index in [1.54, 1.807) is 18.2 Å². The number of nitrogens with zero attached hydrogens (tertiary/aromatic N) is 1. The predicted octanol–water partition coefficient (Wildman–Crippen LogP) is 6.03. The van der Waals surface area contributed by atoms with Crippen molar-refractivity contribution in [3.8, 4) is 5.75 Å². The maximum atomic E-state index is 13.2. The first-order valence-corrected chi connectivity index (χ1v) is 11.8. The quantitative estimate of drug-likeness (QED) is 0.277. The molecule has 1 amide bonds. The number of anilines is 1. The summed E-state index contributed by atoms with van der Waals surface area (Å²) >= 11 is 1.44. The molecule has 33 heavy (non-hydrogen) atoms. The first-order valence-electron chi connectivity index (χ1n) is 10.9. The van der Waals surface area contributed by atoms with Gasteiger partial charge in [-0.25, -0.2) is 0 Å². The van der Waals surface area contributed by atoms with Gasteiger partial charge in [-0.15, -0.1) is 11.3 Å². The van der Waals surface area contributed by atoms with E-state index < -0.39 is 17.7 Å². The molecular formula is C27H27NO4S. The van der Waals surface area contributed by atoms with Crippen LogP contribution in [0.25, 0.3) is 5.76 Å². The lowest BCUT2D eigenvalue weighted by atomic mass is 9.99. The highest BCUT2D eigenvalue weighted by Gasteiger charge is 2.47. The van der Waals surface area contributed by atoms with Crippen LogP contribution in [-0.2, 0) is 9.59 Å². The number of Topliss-reactive ketones (excluding diaryl/α,β-unsaturated/α-hetero) is 1. The summed E-state index contributed by atoms with van der Waals surface area (Å²) in [6.45, 7) is 8.62. The summed E-state index contributed by atoms with van der Waals surface area (Å²) in [6.07, 6.45) is 0. The van der Waals surface area contributed by atoms with Crippen molar-refractivity contribution in [2.75, 3.05) is 11.5 Å². The summed E-state index contributed by atoms with van der Waals surface area (Å²) in [4.78, 5) is 28.7. The van der Waals surface area contributed by atoms with Crippen molar-refractivity contribution >= 4 is 34.5 Å². The fraction of sp³-hybridized carbons (Fsp3) is 0.259. The van der Waals surface area contributed by atoms with Crippen LogP contribution in [0.2, 0.25) is 0 Å². The lowest BCUT2D eigenvalue weighted by molar-refractivity contribution is -0.132. The molecule has 1 aliphatic heterocycles. The highest BCUT2D eigenvalue weighted by molar-refractivity contribution is 7.10. The van der Waals surface area contributed by atoms with Crippen LogP contribution < -0.4 is 9.64 Å². The number of aryl methyl sites for hydroxylation is 2. The average Bonchev–Trinajstić information content (AvgIpc) is 3.41. The van der Waals surface area contributed by atoms with E-state index >= 15 is 0 Å². The normalized spacial score (nSPS) is 17.7. The van der Waals surface area contributed by atoms with E-state index in [-0.39, 0.29) is 11.3 Å². The van der Waals surface area contributed by atoms with Crippen LogP contribution in [0.1, 0.15) is 41.5 Å². The third-order valence-corrected chi connectivity index (χ3v) is 6.64. The Labute approximate surface area is 197 Å². The van der Waals surface area contributed by atoms with Gasteiger partial charge in [0, 0.05) is 16.1 Å². The second kappa shape index (κ2) is 9.24. The molecule has 1 N–H and O–H groups in total. The van der Waals surface area contributed by atoms with Crippen molar-refractivity contribution in [2.24, 2.45) is 5.92 Å². The third-order valence-electron chi connectivity index (χ3n) is 5.72. The Morgan fingerprint density at radius 1 is 1.06 bits per heavy atom. The van der Waals surface area contributed by atoms with Crippen LogP contribution >= 0.6 is 11.3 Å². The SMILES string of the molecule is Cc1ccc(N2C(=O)C(=O)/C(=C(\O)c3cccc(OCC(C)C)c3)C2c2cccs2)cc1C. The molecule has 6 heteroatoms. The topological polar surface area (TPSA) is 66.8 Å². The second-order valence-corrected chi connectivity index (χ2v) is 9.67. The lowest BCUT2D eigenvalue weighted by Gasteiger charge is -2.25. The molecule has 1 aliphatic rings. The molecule has 1 unspecified atom stereocenters. The van der Waals surface area contributed by atoms with E-state index in [1.165, 1.54) is 16.2 Å². The summed E-state index contributed by atoms with van der Waals surface area (Å²) in [6, 6.07) is 15.7. The standard InChI is InChI=1S/C27H27NO4S/c1-16(2)15-32-21-8-5-7-19(14-21)25(29)23-24(22-9-6-12-33-22)28(27(31)26(23)30)20-11-10-17(3)18(4)13-20/h5-14,16,24,29H,15H2,1-4H3/b25-23-. The van der Waals surface area contributed by atoms with E-state index in [1.807, 2.05) is 55.6 Å². The van der Waals surface area contributed by atoms with Gasteiger partial charge in [0.05, 0.1) is 12.2 Å². The molecule has 0 spiro atoms. The first-order chi connectivity index (χ1) is 15.8. The summed E-state index contributed by atoms with van der Waals surface area (Å²) in [5, 5.41) is 13.2. The Hall–Kier alpha value is -3.38. The van der Waals surface area contributed by atoms with E-state index in [4.69, 9.17) is 4.74 Å². The third kappa shape index (κ3) is 4.44. The van der Waals surface area contributed by atoms with Crippen molar-refractivity contribution in [3.05, 3.63) is 87.1 Å². The molecule has 5 nitrogen and oxygen atoms in total. The van der Waals surface area contributed by atoms with Crippen LogP contribution in [-0.4, -0.2) is 23.4 Å². The van der Waals surface area contributed by atoms with Gasteiger partial charge in [0.2, 0.25) is 0 Å². The number of carbonyl (C=O) groups is 2. The number of benzene rings is 2. The van der Waals surface area contributed by atoms with Gasteiger partial charge < -0.3 is 9.84 Å². The molecule has 0 radical (unpaired) electrons. The zero-order valence-corrected chi connectivity index (χ0v) is 20.0. The maximum Gasteiger partial charge on any atom is 0.300 e. The Morgan fingerprint density at radius 3 is 2.52 bits per heavy atom. The fourth-order valence-corrected chi connectivity index (χ4v) is 4.67. The van der Waals surface area contributed by atoms with Gasteiger partial charge in [0.1, 0.15) is 17.6 Å². The number of rotatable bonds is 6. The van der Waals surface area contributed by atoms with Gasteiger partial charge in [-0.05, 0) is 66.6 Å². The fourth-order valence-electron chi connectivity index (χ4n) is 3.84. The van der Waals surface area contributed by atoms with Crippen LogP contribution in [0.3, 0.4) is 0 Å². The number of aliphatic hydroxyl groups excluding tert-OH is 1. The molecule has 3 aromatic rings. The van der Waals surface area contributed by atoms with Gasteiger partial charge in [0.25, 0.3) is 11.7 Å². The number of amides is 1. The number of thiophene rings is 1. The minimum Gasteiger partial charge on any atom is -0.507 e. The van der Waals surface area contributed by atoms with E-state index in [2.05, 4.69) is 13.8 Å². The Morgan fingerprint density at radius 2 is 1.85 bits per heavy atom. The molecule has 2 heterocycles. The summed E-state index contributed by atoms with van der Waals surface area (Å²) < 4.78 is 5.79. The molecule has 1 aromatic heterocycles. The van der Waals surface area contributed by atoms with Crippen LogP contribution in [0.5, 0.6) is 5.75 Å². The minimum absolute atomic E-state index is 0.0849. The van der Waals surface area contributed by atoms with Gasteiger partial charge in [-0.1, -0.05) is 38.1 Å². The van der Waals surface area contributed by atoms with Crippen LogP contribution in [0.15, 0.2) is 65.6 Å². The Bertz CT molecular complexity index is 1230. The highest BCUT2D eigenvalue weighted by Crippen LogP contribution is 2.44. The number of carbonyl (C=O) groups excluding carboxylic acids is 2. The van der Waals surface area contributed by atoms with Crippen LogP contribution in [0.4, 0.5) is 5.69 Å². The number of hydrogen-bond acceptors (Lipinski definition) is 5. The summed E-state index contributed by atoms with van der Waals surface area (Å²) in [5.41, 5.74) is 3.28. The summed E-state index contributed by atoms with van der Waals surface area (Å²) in [7, 11) is 0. The number of ether oxygens (including phenoxy) is 1. The van der Waals surface area contributed by atoms with Crippen molar-refractivity contribution < 1.29 is 19.4 Å². The molecule has 1 fully saturated rings. The monoisotopic (exact) mass is 461 g/mol. The molecule has 0 saturated carbocycles. The van der Waals surface area contributed by atoms with E-state index in [0.29, 0.717) is 29.5 Å². The minimum atomic E-state index is -0.702. The van der Waals surface area contributed by atoms with Crippen molar-refractivity contribution in [1.29, 1.82) is 0 Å². The lowest BCUT2D eigenvalue weighted by Crippen LogP contribution is -2.29. The Kier molecular flexibility index (Phi) is 6.38. The van der Waals surface area contributed by atoms with Gasteiger partial charge in [0.15, 0.2) is 0 Å². The van der Waals surface area contributed by atoms with Crippen molar-refractivity contribution in [1.82, 2.24) is 0 Å². The molecular weight excluding hydrogens is 434 g/mol. The predicted molar refractivity (Wildman–Crippen MR) is 132 cm³/mol. The summed E-state index contributed by atoms with van der Waals surface area (Å²) in [5.74, 6) is -0.593. The van der Waals surface area contributed by atoms with Gasteiger partial charge >= 0.3 is 0 Å². The van der Waals surface area contributed by atoms with Crippen LogP contribution in [0, 0.1) is 19.8 Å². The largest absolute Gasteiger partial charge is 0.507 e. The highest BCUT2D eigenvalue weighted by atomic mass is 32.1. The van der Waals surface area contributed by atoms with Gasteiger partial charge in [-0.3, -0.25) is 14.5 Å². The number of ketones is 1. The maximum absolute atomic E-state index is 13.2. The molecule has 0 bridgehead atoms. The van der Waals surface area contributed by atoms with Crippen molar-refractivity contribution in [2.45, 2.75) is 33.7 Å². The molecule has 1 atom stereocenters. The number of aliphatic hydroxyl groups is 1. The van der Waals surface area contributed by atoms with E-state index in [0.717, 1.165) is 16.0 Å². The second-order valence-electron chi connectivity index (χ2n) is 8.69. The average molecular weight is 462 g/mol. The molecule has 1 saturated heterocycles. The Balaban J connectivity index is 1.83. The molecule has 4 rings (SSSR count). The van der Waals surface area contributed by atoms with E-state index in [9.17, 15) is 14.7 Å². The number of hydrogen-bond donors (Lipinski definition) is 1. The smallest absolute Gasteiger partial charge is 0.300 e. The van der Waals surface area contributed by atoms with Gasteiger partial charge in [-0.2, -0.15) is 0 Å². The molecule has 170 valence electrons. The zero-order valence-electron chi connectivity index (χ0n) is 19.2. The zero-order chi connectivity index (χ0) is 23.7. The van der Waals surface area contributed by atoms with Crippen molar-refractivity contribution in [3.63, 3.8) is 0 Å². The molecule has 0 aliphatic carbocycles.